The van der Waals surface area contributed by atoms with Gasteiger partial charge in [-0.1, -0.05) is 22.9 Å². The number of halogens is 1. The number of benzene rings is 1. The lowest BCUT2D eigenvalue weighted by atomic mass is 10.0. The lowest BCUT2D eigenvalue weighted by molar-refractivity contribution is -0.136. The van der Waals surface area contributed by atoms with Gasteiger partial charge in [-0.05, 0) is 24.6 Å². The van der Waals surface area contributed by atoms with Crippen LogP contribution in [0, 0.1) is 0 Å². The number of carbonyl (C=O) groups is 5. The number of fused-ring (bicyclic) bond motifs is 1. The third-order valence-electron chi connectivity index (χ3n) is 5.59. The largest absolute Gasteiger partial charge is 0.324 e. The molecule has 5 rings (SSSR count). The molecule has 2 aromatic heterocycles. The molecule has 0 spiro atoms. The second-order valence-electron chi connectivity index (χ2n) is 7.92. The smallest absolute Gasteiger partial charge is 0.264 e. The fourth-order valence-electron chi connectivity index (χ4n) is 4.02. The first-order chi connectivity index (χ1) is 16.8. The Morgan fingerprint density at radius 3 is 2.77 bits per heavy atom. The van der Waals surface area contributed by atoms with Crippen molar-refractivity contribution in [3.05, 3.63) is 59.0 Å². The van der Waals surface area contributed by atoms with Crippen molar-refractivity contribution < 1.29 is 24.0 Å². The second kappa shape index (κ2) is 8.72. The van der Waals surface area contributed by atoms with E-state index in [0.717, 1.165) is 4.90 Å². The quantitative estimate of drug-likeness (QED) is 0.499. The first kappa shape index (κ1) is 22.3. The van der Waals surface area contributed by atoms with Crippen molar-refractivity contribution in [2.24, 2.45) is 0 Å². The van der Waals surface area contributed by atoms with Gasteiger partial charge in [0.25, 0.3) is 11.8 Å². The topological polar surface area (TPSA) is 156 Å². The SMILES string of the molecule is O=C1CCC(N2C(=O)c3cccc(NC(=O)Cn4cc(-c5cncc(Cl)c5)nn4)c3C2=O)C(=O)N1. The van der Waals surface area contributed by atoms with Crippen LogP contribution in [0.3, 0.4) is 0 Å². The van der Waals surface area contributed by atoms with Crippen molar-refractivity contribution >= 4 is 46.8 Å². The maximum Gasteiger partial charge on any atom is 0.264 e. The molecular formula is C22H16ClN7O5. The van der Waals surface area contributed by atoms with Crippen LogP contribution in [0.4, 0.5) is 5.69 Å². The Labute approximate surface area is 202 Å². The summed E-state index contributed by atoms with van der Waals surface area (Å²) in [6.07, 6.45) is 4.63. The summed E-state index contributed by atoms with van der Waals surface area (Å²) < 4.78 is 1.30. The van der Waals surface area contributed by atoms with E-state index in [4.69, 9.17) is 11.6 Å². The number of pyridine rings is 1. The molecule has 5 amide bonds. The zero-order valence-electron chi connectivity index (χ0n) is 17.9. The van der Waals surface area contributed by atoms with E-state index in [1.807, 2.05) is 0 Å². The number of piperidine rings is 1. The van der Waals surface area contributed by atoms with E-state index in [1.54, 1.807) is 18.5 Å². The number of amides is 5. The van der Waals surface area contributed by atoms with Crippen LogP contribution in [0.1, 0.15) is 33.6 Å². The van der Waals surface area contributed by atoms with Gasteiger partial charge in [0.15, 0.2) is 0 Å². The normalized spacial score (nSPS) is 17.4. The summed E-state index contributed by atoms with van der Waals surface area (Å²) >= 11 is 5.95. The van der Waals surface area contributed by atoms with Crippen LogP contribution in [0.25, 0.3) is 11.3 Å². The van der Waals surface area contributed by atoms with Crippen molar-refractivity contribution in [1.82, 2.24) is 30.2 Å². The minimum Gasteiger partial charge on any atom is -0.324 e. The first-order valence-electron chi connectivity index (χ1n) is 10.5. The van der Waals surface area contributed by atoms with E-state index < -0.39 is 35.6 Å². The minimum atomic E-state index is -1.10. The molecular weight excluding hydrogens is 478 g/mol. The van der Waals surface area contributed by atoms with Gasteiger partial charge < -0.3 is 5.32 Å². The molecule has 2 N–H and O–H groups in total. The number of carbonyl (C=O) groups excluding carboxylic acids is 5. The lowest BCUT2D eigenvalue weighted by Gasteiger charge is -2.27. The molecule has 176 valence electrons. The Morgan fingerprint density at radius 1 is 1.17 bits per heavy atom. The minimum absolute atomic E-state index is 0.0124. The van der Waals surface area contributed by atoms with E-state index in [-0.39, 0.29) is 36.2 Å². The van der Waals surface area contributed by atoms with Crippen LogP contribution in [-0.4, -0.2) is 60.5 Å². The summed E-state index contributed by atoms with van der Waals surface area (Å²) in [6, 6.07) is 5.01. The van der Waals surface area contributed by atoms with Gasteiger partial charge in [-0.3, -0.25) is 39.2 Å². The molecule has 3 aromatic rings. The number of hydrogen-bond acceptors (Lipinski definition) is 8. The molecule has 1 fully saturated rings. The summed E-state index contributed by atoms with van der Waals surface area (Å²) in [4.78, 5) is 67.3. The first-order valence-corrected chi connectivity index (χ1v) is 10.8. The fourth-order valence-corrected chi connectivity index (χ4v) is 4.19. The highest BCUT2D eigenvalue weighted by Crippen LogP contribution is 2.32. The van der Waals surface area contributed by atoms with Crippen LogP contribution in [0.2, 0.25) is 5.02 Å². The van der Waals surface area contributed by atoms with Crippen LogP contribution in [0.5, 0.6) is 0 Å². The second-order valence-corrected chi connectivity index (χ2v) is 8.35. The highest BCUT2D eigenvalue weighted by Gasteiger charge is 2.45. The molecule has 2 aliphatic rings. The van der Waals surface area contributed by atoms with Crippen LogP contribution >= 0.6 is 11.6 Å². The average molecular weight is 494 g/mol. The molecule has 1 atom stereocenters. The molecule has 4 heterocycles. The zero-order chi connectivity index (χ0) is 24.7. The summed E-state index contributed by atoms with van der Waals surface area (Å²) in [6.45, 7) is -0.219. The highest BCUT2D eigenvalue weighted by atomic mass is 35.5. The van der Waals surface area contributed by atoms with Crippen LogP contribution in [-0.2, 0) is 20.9 Å². The van der Waals surface area contributed by atoms with E-state index in [2.05, 4.69) is 25.9 Å². The third-order valence-corrected chi connectivity index (χ3v) is 5.79. The number of nitrogens with one attached hydrogen (secondary N) is 2. The Hall–Kier alpha value is -4.45. The van der Waals surface area contributed by atoms with Crippen molar-refractivity contribution in [1.29, 1.82) is 0 Å². The van der Waals surface area contributed by atoms with Gasteiger partial charge in [0.2, 0.25) is 17.7 Å². The van der Waals surface area contributed by atoms with Crippen molar-refractivity contribution in [3.8, 4) is 11.3 Å². The van der Waals surface area contributed by atoms with Crippen LogP contribution < -0.4 is 10.6 Å². The molecule has 12 nitrogen and oxygen atoms in total. The Morgan fingerprint density at radius 2 is 2.00 bits per heavy atom. The van der Waals surface area contributed by atoms with Gasteiger partial charge in [0.05, 0.1) is 28.0 Å². The Balaban J connectivity index is 1.33. The van der Waals surface area contributed by atoms with Crippen molar-refractivity contribution in [3.63, 3.8) is 0 Å². The number of imide groups is 2. The van der Waals surface area contributed by atoms with E-state index in [9.17, 15) is 24.0 Å². The molecule has 13 heteroatoms. The molecule has 0 radical (unpaired) electrons. The van der Waals surface area contributed by atoms with E-state index in [1.165, 1.54) is 29.1 Å². The maximum atomic E-state index is 13.1. The van der Waals surface area contributed by atoms with Crippen LogP contribution in [0.15, 0.2) is 42.9 Å². The molecule has 0 aliphatic carbocycles. The summed E-state index contributed by atoms with van der Waals surface area (Å²) in [5, 5.41) is 13.1. The number of hydrogen-bond donors (Lipinski definition) is 2. The number of anilines is 1. The van der Waals surface area contributed by atoms with Gasteiger partial charge in [-0.2, -0.15) is 0 Å². The molecule has 0 bridgehead atoms. The van der Waals surface area contributed by atoms with Crippen molar-refractivity contribution in [2.75, 3.05) is 5.32 Å². The molecule has 1 unspecified atom stereocenters. The number of nitrogens with zero attached hydrogens (tertiary/aromatic N) is 5. The predicted molar refractivity (Wildman–Crippen MR) is 120 cm³/mol. The Kier molecular flexibility index (Phi) is 5.57. The lowest BCUT2D eigenvalue weighted by Crippen LogP contribution is -2.54. The summed E-state index contributed by atoms with van der Waals surface area (Å²) in [5.41, 5.74) is 1.27. The fraction of sp³-hybridized carbons (Fsp3) is 0.182. The summed E-state index contributed by atoms with van der Waals surface area (Å²) in [5.74, 6) is -3.06. The monoisotopic (exact) mass is 493 g/mol. The number of rotatable bonds is 5. The van der Waals surface area contributed by atoms with Gasteiger partial charge in [0.1, 0.15) is 18.3 Å². The maximum absolute atomic E-state index is 13.1. The molecule has 2 aliphatic heterocycles. The summed E-state index contributed by atoms with van der Waals surface area (Å²) in [7, 11) is 0. The van der Waals surface area contributed by atoms with Gasteiger partial charge in [0, 0.05) is 24.4 Å². The zero-order valence-corrected chi connectivity index (χ0v) is 18.7. The molecule has 1 aromatic carbocycles. The highest BCUT2D eigenvalue weighted by molar-refractivity contribution is 6.30. The number of aromatic nitrogens is 4. The van der Waals surface area contributed by atoms with Gasteiger partial charge in [-0.25, -0.2) is 4.68 Å². The standard InChI is InChI=1S/C22H16ClN7O5/c23-12-6-11(7-24-8-12)15-9-29(28-27-15)10-18(32)25-14-3-1-2-13-19(14)22(35)30(21(13)34)16-4-5-17(31)26-20(16)33/h1-3,6-9,16H,4-5,10H2,(H,25,32)(H,26,31,33). The van der Waals surface area contributed by atoms with Gasteiger partial charge >= 0.3 is 0 Å². The van der Waals surface area contributed by atoms with E-state index in [0.29, 0.717) is 16.3 Å². The molecule has 0 saturated carbocycles. The third kappa shape index (κ3) is 4.15. The van der Waals surface area contributed by atoms with Gasteiger partial charge in [-0.15, -0.1) is 5.10 Å². The Bertz CT molecular complexity index is 1420. The molecule has 35 heavy (non-hydrogen) atoms. The average Bonchev–Trinajstić information content (AvgIpc) is 3.37. The predicted octanol–water partition coefficient (Wildman–Crippen LogP) is 1.03. The van der Waals surface area contributed by atoms with E-state index >= 15 is 0 Å². The molecule has 1 saturated heterocycles. The van der Waals surface area contributed by atoms with Crippen molar-refractivity contribution in [2.45, 2.75) is 25.4 Å².